The Hall–Kier alpha value is -3.63. The van der Waals surface area contributed by atoms with Crippen molar-refractivity contribution in [3.63, 3.8) is 0 Å². The van der Waals surface area contributed by atoms with Crippen LogP contribution < -0.4 is 9.62 Å². The highest BCUT2D eigenvalue weighted by atomic mass is 32.2. The van der Waals surface area contributed by atoms with Crippen LogP contribution in [0.15, 0.2) is 72.8 Å². The van der Waals surface area contributed by atoms with Crippen molar-refractivity contribution >= 4 is 27.3 Å². The lowest BCUT2D eigenvalue weighted by atomic mass is 9.99. The van der Waals surface area contributed by atoms with E-state index in [0.29, 0.717) is 41.9 Å². The number of nitriles is 1. The first-order valence-electron chi connectivity index (χ1n) is 10.9. The second-order valence-electron chi connectivity index (χ2n) is 8.12. The highest BCUT2D eigenvalue weighted by molar-refractivity contribution is 7.91. The Bertz CT molecular complexity index is 1280. The van der Waals surface area contributed by atoms with Crippen molar-refractivity contribution in [2.24, 2.45) is 0 Å². The largest absolute Gasteiger partial charge is 0.310 e. The number of rotatable bonds is 7. The maximum absolute atomic E-state index is 13.2. The molecule has 33 heavy (non-hydrogen) atoms. The zero-order valence-electron chi connectivity index (χ0n) is 18.2. The summed E-state index contributed by atoms with van der Waals surface area (Å²) in [6, 6.07) is 23.8. The molecule has 1 heterocycles. The molecule has 0 saturated carbocycles. The number of carbonyl (C=O) groups excluding carboxylic acids is 1. The number of hydrogen-bond acceptors (Lipinski definition) is 4. The van der Waals surface area contributed by atoms with Gasteiger partial charge in [-0.3, -0.25) is 9.52 Å². The predicted molar refractivity (Wildman–Crippen MR) is 129 cm³/mol. The molecule has 0 atom stereocenters. The minimum absolute atomic E-state index is 0.0463. The van der Waals surface area contributed by atoms with Crippen LogP contribution in [0.25, 0.3) is 0 Å². The van der Waals surface area contributed by atoms with Crippen molar-refractivity contribution in [3.8, 4) is 6.07 Å². The molecule has 1 N–H and O–H groups in total. The molecule has 4 rings (SSSR count). The van der Waals surface area contributed by atoms with Gasteiger partial charge in [0.25, 0.3) is 0 Å². The molecule has 7 heteroatoms. The van der Waals surface area contributed by atoms with E-state index in [-0.39, 0.29) is 11.7 Å². The lowest BCUT2D eigenvalue weighted by molar-refractivity contribution is -0.118. The van der Waals surface area contributed by atoms with Crippen LogP contribution in [0.3, 0.4) is 0 Å². The summed E-state index contributed by atoms with van der Waals surface area (Å²) in [6.07, 6.45) is 2.48. The number of carbonyl (C=O) groups is 1. The summed E-state index contributed by atoms with van der Waals surface area (Å²) >= 11 is 0. The van der Waals surface area contributed by atoms with E-state index >= 15 is 0 Å². The Morgan fingerprint density at radius 2 is 1.73 bits per heavy atom. The van der Waals surface area contributed by atoms with E-state index in [4.69, 9.17) is 5.26 Å². The van der Waals surface area contributed by atoms with Crippen LogP contribution in [0, 0.1) is 11.3 Å². The Morgan fingerprint density at radius 3 is 2.45 bits per heavy atom. The fraction of sp³-hybridized carbons (Fsp3) is 0.231. The number of fused-ring (bicyclic) bond motifs is 1. The third-order valence-electron chi connectivity index (χ3n) is 5.69. The zero-order chi connectivity index (χ0) is 23.3. The van der Waals surface area contributed by atoms with Gasteiger partial charge >= 0.3 is 0 Å². The standard InChI is InChI=1S/C26H25N3O3S/c27-18-21-13-11-20(12-14-21)15-16-25(30)29-17-5-9-23-8-4-10-24(26(23)29)28-33(31,32)19-22-6-2-1-3-7-22/h1-4,6-8,10-14,28H,5,9,15-17,19H2. The topological polar surface area (TPSA) is 90.3 Å². The Labute approximate surface area is 194 Å². The lowest BCUT2D eigenvalue weighted by Gasteiger charge is -2.32. The number of nitrogens with zero attached hydrogens (tertiary/aromatic N) is 2. The Morgan fingerprint density at radius 1 is 0.970 bits per heavy atom. The first-order chi connectivity index (χ1) is 15.9. The van der Waals surface area contributed by atoms with Gasteiger partial charge in [-0.25, -0.2) is 8.42 Å². The van der Waals surface area contributed by atoms with E-state index in [2.05, 4.69) is 10.8 Å². The van der Waals surface area contributed by atoms with Crippen LogP contribution >= 0.6 is 0 Å². The molecule has 0 unspecified atom stereocenters. The zero-order valence-corrected chi connectivity index (χ0v) is 19.0. The fourth-order valence-corrected chi connectivity index (χ4v) is 5.32. The number of para-hydroxylation sites is 1. The summed E-state index contributed by atoms with van der Waals surface area (Å²) < 4.78 is 28.4. The molecule has 0 spiro atoms. The second kappa shape index (κ2) is 9.88. The molecular formula is C26H25N3O3S. The van der Waals surface area contributed by atoms with Crippen LogP contribution in [0.2, 0.25) is 0 Å². The molecule has 6 nitrogen and oxygen atoms in total. The SMILES string of the molecule is N#Cc1ccc(CCC(=O)N2CCCc3cccc(NS(=O)(=O)Cc4ccccc4)c32)cc1. The van der Waals surface area contributed by atoms with Gasteiger partial charge in [-0.15, -0.1) is 0 Å². The summed E-state index contributed by atoms with van der Waals surface area (Å²) in [5.74, 6) is -0.181. The number of benzene rings is 3. The van der Waals surface area contributed by atoms with Gasteiger partial charge in [0, 0.05) is 13.0 Å². The third kappa shape index (κ3) is 5.60. The molecular weight excluding hydrogens is 434 g/mol. The molecule has 0 bridgehead atoms. The number of anilines is 2. The summed E-state index contributed by atoms with van der Waals surface area (Å²) in [5.41, 5.74) is 4.33. The van der Waals surface area contributed by atoms with Crippen molar-refractivity contribution in [3.05, 3.63) is 95.1 Å². The molecule has 0 radical (unpaired) electrons. The predicted octanol–water partition coefficient (Wildman–Crippen LogP) is 4.41. The number of nitrogens with one attached hydrogen (secondary N) is 1. The first kappa shape index (κ1) is 22.6. The van der Waals surface area contributed by atoms with Crippen molar-refractivity contribution < 1.29 is 13.2 Å². The number of amides is 1. The minimum Gasteiger partial charge on any atom is -0.310 e. The quantitative estimate of drug-likeness (QED) is 0.567. The number of hydrogen-bond donors (Lipinski definition) is 1. The summed E-state index contributed by atoms with van der Waals surface area (Å²) in [5, 5.41) is 8.94. The molecule has 168 valence electrons. The van der Waals surface area contributed by atoms with E-state index < -0.39 is 10.0 Å². The first-order valence-corrected chi connectivity index (χ1v) is 12.6. The maximum atomic E-state index is 13.2. The van der Waals surface area contributed by atoms with Gasteiger partial charge in [0.05, 0.1) is 28.8 Å². The van der Waals surface area contributed by atoms with Gasteiger partial charge in [0.2, 0.25) is 15.9 Å². The van der Waals surface area contributed by atoms with Crippen LogP contribution in [-0.4, -0.2) is 20.9 Å². The van der Waals surface area contributed by atoms with Gasteiger partial charge in [-0.1, -0.05) is 54.6 Å². The van der Waals surface area contributed by atoms with Crippen LogP contribution in [0.4, 0.5) is 11.4 Å². The monoisotopic (exact) mass is 459 g/mol. The summed E-state index contributed by atoms with van der Waals surface area (Å²) in [6.45, 7) is 0.552. The van der Waals surface area contributed by atoms with Crippen molar-refractivity contribution in [2.75, 3.05) is 16.2 Å². The van der Waals surface area contributed by atoms with Gasteiger partial charge in [-0.2, -0.15) is 5.26 Å². The highest BCUT2D eigenvalue weighted by Gasteiger charge is 2.26. The number of aryl methyl sites for hydroxylation is 2. The molecule has 1 aliphatic heterocycles. The molecule has 3 aromatic rings. The molecule has 0 fully saturated rings. The normalized spacial score (nSPS) is 13.1. The Balaban J connectivity index is 1.52. The van der Waals surface area contributed by atoms with Crippen LogP contribution in [0.1, 0.15) is 35.1 Å². The van der Waals surface area contributed by atoms with E-state index in [0.717, 1.165) is 24.0 Å². The molecule has 0 saturated heterocycles. The van der Waals surface area contributed by atoms with Crippen LogP contribution in [0.5, 0.6) is 0 Å². The van der Waals surface area contributed by atoms with E-state index in [1.54, 1.807) is 35.2 Å². The molecule has 0 aromatic heterocycles. The van der Waals surface area contributed by atoms with Crippen molar-refractivity contribution in [1.82, 2.24) is 0 Å². The van der Waals surface area contributed by atoms with Gasteiger partial charge in [-0.05, 0) is 54.2 Å². The number of sulfonamides is 1. The van der Waals surface area contributed by atoms with E-state index in [1.165, 1.54) is 0 Å². The molecule has 1 amide bonds. The van der Waals surface area contributed by atoms with Crippen LogP contribution in [-0.2, 0) is 33.4 Å². The highest BCUT2D eigenvalue weighted by Crippen LogP contribution is 2.36. The Kier molecular flexibility index (Phi) is 6.76. The molecule has 0 aliphatic carbocycles. The second-order valence-corrected chi connectivity index (χ2v) is 9.84. The molecule has 1 aliphatic rings. The van der Waals surface area contributed by atoms with E-state index in [1.807, 2.05) is 42.5 Å². The molecule has 3 aromatic carbocycles. The minimum atomic E-state index is -3.65. The average molecular weight is 460 g/mol. The summed E-state index contributed by atoms with van der Waals surface area (Å²) in [7, 11) is -3.65. The van der Waals surface area contributed by atoms with Crippen molar-refractivity contribution in [1.29, 1.82) is 5.26 Å². The van der Waals surface area contributed by atoms with E-state index in [9.17, 15) is 13.2 Å². The summed E-state index contributed by atoms with van der Waals surface area (Å²) in [4.78, 5) is 14.9. The third-order valence-corrected chi connectivity index (χ3v) is 6.94. The fourth-order valence-electron chi connectivity index (χ4n) is 4.11. The average Bonchev–Trinajstić information content (AvgIpc) is 2.82. The van der Waals surface area contributed by atoms with Gasteiger partial charge < -0.3 is 4.90 Å². The smallest absolute Gasteiger partial charge is 0.236 e. The lowest BCUT2D eigenvalue weighted by Crippen LogP contribution is -2.36. The van der Waals surface area contributed by atoms with Gasteiger partial charge in [0.1, 0.15) is 0 Å². The van der Waals surface area contributed by atoms with Crippen molar-refractivity contribution in [2.45, 2.75) is 31.4 Å². The van der Waals surface area contributed by atoms with Gasteiger partial charge in [0.15, 0.2) is 0 Å². The maximum Gasteiger partial charge on any atom is 0.236 e.